The molecule has 0 aliphatic carbocycles. The van der Waals surface area contributed by atoms with Crippen molar-refractivity contribution in [3.63, 3.8) is 0 Å². The van der Waals surface area contributed by atoms with Gasteiger partial charge in [-0.3, -0.25) is 9.59 Å². The maximum absolute atomic E-state index is 13.1. The fourth-order valence-corrected chi connectivity index (χ4v) is 4.38. The molecule has 1 fully saturated rings. The van der Waals surface area contributed by atoms with Crippen molar-refractivity contribution in [2.75, 3.05) is 19.7 Å². The number of aromatic nitrogens is 2. The Balaban J connectivity index is 1.33. The van der Waals surface area contributed by atoms with Crippen molar-refractivity contribution in [2.45, 2.75) is 51.6 Å². The summed E-state index contributed by atoms with van der Waals surface area (Å²) in [5, 5.41) is 2.90. The molecule has 1 aliphatic heterocycles. The number of nitrogens with one attached hydrogen (secondary N) is 1. The molecule has 3 aromatic rings. The number of likely N-dealkylation sites (tertiary alicyclic amines) is 1. The van der Waals surface area contributed by atoms with Crippen molar-refractivity contribution in [2.24, 2.45) is 0 Å². The Morgan fingerprint density at radius 2 is 1.88 bits per heavy atom. The Morgan fingerprint density at radius 3 is 2.70 bits per heavy atom. The van der Waals surface area contributed by atoms with Crippen molar-refractivity contribution < 1.29 is 14.3 Å². The van der Waals surface area contributed by atoms with Gasteiger partial charge in [-0.1, -0.05) is 30.3 Å². The Hall–Kier alpha value is -3.35. The predicted octanol–water partition coefficient (Wildman–Crippen LogP) is 3.57. The maximum Gasteiger partial charge on any atom is 0.257 e. The zero-order chi connectivity index (χ0) is 23.0. The van der Waals surface area contributed by atoms with E-state index in [1.807, 2.05) is 64.1 Å². The molecule has 4 rings (SSSR count). The van der Waals surface area contributed by atoms with Crippen molar-refractivity contribution in [3.8, 4) is 5.75 Å². The van der Waals surface area contributed by atoms with E-state index in [0.29, 0.717) is 25.3 Å². The van der Waals surface area contributed by atoms with Gasteiger partial charge in [-0.2, -0.15) is 0 Å². The number of hydrogen-bond acceptors (Lipinski definition) is 4. The summed E-state index contributed by atoms with van der Waals surface area (Å²) in [5.41, 5.74) is 1.87. The zero-order valence-electron chi connectivity index (χ0n) is 19.2. The molecule has 0 spiro atoms. The van der Waals surface area contributed by atoms with Crippen LogP contribution in [0.3, 0.4) is 0 Å². The first-order valence-corrected chi connectivity index (χ1v) is 11.8. The van der Waals surface area contributed by atoms with Crippen LogP contribution in [0.2, 0.25) is 0 Å². The van der Waals surface area contributed by atoms with Crippen molar-refractivity contribution in [3.05, 3.63) is 60.4 Å². The van der Waals surface area contributed by atoms with Crippen molar-refractivity contribution >= 4 is 22.8 Å². The number of para-hydroxylation sites is 3. The lowest BCUT2D eigenvalue weighted by Crippen LogP contribution is -2.43. The third-order valence-electron chi connectivity index (χ3n) is 6.16. The van der Waals surface area contributed by atoms with E-state index in [0.717, 1.165) is 42.7 Å². The largest absolute Gasteiger partial charge is 0.484 e. The molecular formula is C26H32N4O3. The van der Waals surface area contributed by atoms with Gasteiger partial charge in [0.1, 0.15) is 18.1 Å². The molecule has 1 aliphatic rings. The molecule has 2 aromatic carbocycles. The highest BCUT2D eigenvalue weighted by Crippen LogP contribution is 2.20. The monoisotopic (exact) mass is 448 g/mol. The van der Waals surface area contributed by atoms with Gasteiger partial charge in [-0.25, -0.2) is 4.98 Å². The van der Waals surface area contributed by atoms with Crippen molar-refractivity contribution in [1.82, 2.24) is 19.8 Å². The highest BCUT2D eigenvalue weighted by atomic mass is 16.5. The first kappa shape index (κ1) is 22.8. The SMILES string of the molecule is CC1CCCCN1C(=O)Cn1c(CCCNC(=O)COc2ccccc2)nc2ccccc21. The minimum absolute atomic E-state index is 0.00888. The number of fused-ring (bicyclic) bond motifs is 1. The topological polar surface area (TPSA) is 76.5 Å². The number of piperidine rings is 1. The molecule has 0 radical (unpaired) electrons. The van der Waals surface area contributed by atoms with E-state index in [4.69, 9.17) is 9.72 Å². The fraction of sp³-hybridized carbons (Fsp3) is 0.423. The Kier molecular flexibility index (Phi) is 7.60. The highest BCUT2D eigenvalue weighted by Gasteiger charge is 2.24. The number of benzene rings is 2. The zero-order valence-corrected chi connectivity index (χ0v) is 19.2. The third kappa shape index (κ3) is 5.92. The lowest BCUT2D eigenvalue weighted by Gasteiger charge is -2.33. The van der Waals surface area contributed by atoms with E-state index in [1.165, 1.54) is 6.42 Å². The minimum atomic E-state index is -0.151. The molecular weight excluding hydrogens is 416 g/mol. The molecule has 7 nitrogen and oxygen atoms in total. The molecule has 1 atom stereocenters. The number of rotatable bonds is 9. The molecule has 2 heterocycles. The summed E-state index contributed by atoms with van der Waals surface area (Å²) in [6.07, 6.45) is 4.73. The smallest absolute Gasteiger partial charge is 0.257 e. The summed E-state index contributed by atoms with van der Waals surface area (Å²) in [4.78, 5) is 32.0. The Labute approximate surface area is 194 Å². The van der Waals surface area contributed by atoms with Gasteiger partial charge in [0.2, 0.25) is 5.91 Å². The van der Waals surface area contributed by atoms with Gasteiger partial charge in [-0.05, 0) is 56.9 Å². The van der Waals surface area contributed by atoms with E-state index in [-0.39, 0.29) is 24.5 Å². The van der Waals surface area contributed by atoms with Gasteiger partial charge in [0.25, 0.3) is 5.91 Å². The molecule has 1 saturated heterocycles. The maximum atomic E-state index is 13.1. The summed E-state index contributed by atoms with van der Waals surface area (Å²) >= 11 is 0. The standard InChI is InChI=1S/C26H32N4O3/c1-20-10-7-8-17-29(20)26(32)18-30-23-14-6-5-13-22(23)28-24(30)15-9-16-27-25(31)19-33-21-11-3-2-4-12-21/h2-6,11-14,20H,7-10,15-19H2,1H3,(H,27,31). The Morgan fingerprint density at radius 1 is 1.09 bits per heavy atom. The molecule has 0 saturated carbocycles. The van der Waals surface area contributed by atoms with Crippen LogP contribution < -0.4 is 10.1 Å². The second-order valence-electron chi connectivity index (χ2n) is 8.59. The van der Waals surface area contributed by atoms with E-state index >= 15 is 0 Å². The van der Waals surface area contributed by atoms with Gasteiger partial charge in [0.15, 0.2) is 6.61 Å². The van der Waals surface area contributed by atoms with Crippen LogP contribution in [0.5, 0.6) is 5.75 Å². The van der Waals surface area contributed by atoms with Crippen LogP contribution in [0.1, 0.15) is 38.4 Å². The first-order valence-electron chi connectivity index (χ1n) is 11.8. The molecule has 1 N–H and O–H groups in total. The molecule has 2 amide bonds. The summed E-state index contributed by atoms with van der Waals surface area (Å²) in [5.74, 6) is 1.55. The number of nitrogens with zero attached hydrogens (tertiary/aromatic N) is 3. The number of amides is 2. The second kappa shape index (κ2) is 11.0. The molecule has 7 heteroatoms. The van der Waals surface area contributed by atoms with Crippen LogP contribution in [0, 0.1) is 0 Å². The molecule has 0 bridgehead atoms. The number of ether oxygens (including phenoxy) is 1. The van der Waals surface area contributed by atoms with E-state index < -0.39 is 0 Å². The predicted molar refractivity (Wildman–Crippen MR) is 128 cm³/mol. The fourth-order valence-electron chi connectivity index (χ4n) is 4.38. The lowest BCUT2D eigenvalue weighted by molar-refractivity contribution is -0.135. The van der Waals surface area contributed by atoms with E-state index in [1.54, 1.807) is 0 Å². The molecule has 174 valence electrons. The van der Waals surface area contributed by atoms with Crippen LogP contribution >= 0.6 is 0 Å². The van der Waals surface area contributed by atoms with Gasteiger partial charge in [0.05, 0.1) is 11.0 Å². The van der Waals surface area contributed by atoms with Crippen molar-refractivity contribution in [1.29, 1.82) is 0 Å². The Bertz CT molecular complexity index is 1080. The van der Waals surface area contributed by atoms with Gasteiger partial charge >= 0.3 is 0 Å². The van der Waals surface area contributed by atoms with Crippen LogP contribution in [-0.2, 0) is 22.6 Å². The summed E-state index contributed by atoms with van der Waals surface area (Å²) in [7, 11) is 0. The second-order valence-corrected chi connectivity index (χ2v) is 8.59. The molecule has 1 aromatic heterocycles. The third-order valence-corrected chi connectivity index (χ3v) is 6.16. The number of hydrogen-bond donors (Lipinski definition) is 1. The van der Waals surface area contributed by atoms with Crippen LogP contribution in [0.25, 0.3) is 11.0 Å². The van der Waals surface area contributed by atoms with Crippen LogP contribution in [0.15, 0.2) is 54.6 Å². The van der Waals surface area contributed by atoms with Gasteiger partial charge in [0, 0.05) is 25.6 Å². The number of imidazole rings is 1. The minimum Gasteiger partial charge on any atom is -0.484 e. The molecule has 33 heavy (non-hydrogen) atoms. The summed E-state index contributed by atoms with van der Waals surface area (Å²) in [6.45, 7) is 3.78. The number of carbonyl (C=O) groups is 2. The average molecular weight is 449 g/mol. The lowest BCUT2D eigenvalue weighted by atomic mass is 10.0. The van der Waals surface area contributed by atoms with Crippen LogP contribution in [-0.4, -0.2) is 52.0 Å². The number of aryl methyl sites for hydroxylation is 1. The number of carbonyl (C=O) groups excluding carboxylic acids is 2. The average Bonchev–Trinajstić information content (AvgIpc) is 3.18. The first-order chi connectivity index (χ1) is 16.1. The van der Waals surface area contributed by atoms with Gasteiger partial charge < -0.3 is 19.5 Å². The quantitative estimate of drug-likeness (QED) is 0.508. The normalized spacial score (nSPS) is 16.0. The summed E-state index contributed by atoms with van der Waals surface area (Å²) in [6, 6.07) is 17.5. The van der Waals surface area contributed by atoms with E-state index in [2.05, 4.69) is 12.2 Å². The van der Waals surface area contributed by atoms with Crippen LogP contribution in [0.4, 0.5) is 0 Å². The highest BCUT2D eigenvalue weighted by molar-refractivity contribution is 5.81. The molecule has 1 unspecified atom stereocenters. The van der Waals surface area contributed by atoms with E-state index in [9.17, 15) is 9.59 Å². The summed E-state index contributed by atoms with van der Waals surface area (Å²) < 4.78 is 7.52. The van der Waals surface area contributed by atoms with Gasteiger partial charge in [-0.15, -0.1) is 0 Å².